The van der Waals surface area contributed by atoms with Crippen LogP contribution < -0.4 is 17.0 Å². The molecule has 0 bridgehead atoms. The maximum atomic E-state index is 11.6. The first-order valence-electron chi connectivity index (χ1n) is 7.65. The number of hydrazine groups is 1. The fourth-order valence-corrected chi connectivity index (χ4v) is 1.97. The van der Waals surface area contributed by atoms with Gasteiger partial charge in [-0.1, -0.05) is 45.8 Å². The molecule has 0 aliphatic carbocycles. The number of amides is 2. The van der Waals surface area contributed by atoms with E-state index in [1.54, 1.807) is 11.5 Å². The third-order valence-corrected chi connectivity index (χ3v) is 3.47. The second kappa shape index (κ2) is 14.7. The van der Waals surface area contributed by atoms with Crippen molar-refractivity contribution in [3.63, 3.8) is 0 Å². The van der Waals surface area contributed by atoms with Crippen molar-refractivity contribution < 1.29 is 26.7 Å². The van der Waals surface area contributed by atoms with E-state index in [2.05, 4.69) is 27.5 Å². The standard InChI is InChI=1S/C14H10BrO.C5H5.CH5N3O.Fe/c15-13-8-5-11(6-9-13)7-10-14(16)12-3-1-2-4-12;1-2-4-5-3-1;2-1(5)4-3;/h1-10H;1-5H;3H2,(H3,2,4,5);/q-1;-5;;. The van der Waals surface area contributed by atoms with Crippen LogP contribution in [0.2, 0.25) is 0 Å². The largest absolute Gasteiger partial charge is 0.748 e. The van der Waals surface area contributed by atoms with Crippen LogP contribution >= 0.6 is 15.9 Å². The van der Waals surface area contributed by atoms with Crippen LogP contribution in [0, 0.1) is 0 Å². The minimum absolute atomic E-state index is 0. The zero-order valence-corrected chi connectivity index (χ0v) is 17.1. The Hall–Kier alpha value is -2.44. The van der Waals surface area contributed by atoms with Crippen molar-refractivity contribution in [2.45, 2.75) is 0 Å². The Morgan fingerprint density at radius 1 is 1.00 bits per heavy atom. The van der Waals surface area contributed by atoms with Crippen molar-refractivity contribution in [3.8, 4) is 0 Å². The van der Waals surface area contributed by atoms with Crippen LogP contribution in [0.5, 0.6) is 0 Å². The summed E-state index contributed by atoms with van der Waals surface area (Å²) in [7, 11) is 0. The number of allylic oxidation sites excluding steroid dienone is 1. The number of nitrogens with one attached hydrogen (secondary N) is 1. The Balaban J connectivity index is 0.000000508. The van der Waals surface area contributed by atoms with Gasteiger partial charge >= 0.3 is 6.03 Å². The summed E-state index contributed by atoms with van der Waals surface area (Å²) in [6, 6.07) is 24.5. The van der Waals surface area contributed by atoms with Gasteiger partial charge in [-0.25, -0.2) is 10.6 Å². The molecule has 7 heteroatoms. The smallest absolute Gasteiger partial charge is 0.326 e. The van der Waals surface area contributed by atoms with Gasteiger partial charge in [-0.05, 0) is 17.7 Å². The van der Waals surface area contributed by atoms with Gasteiger partial charge in [0.1, 0.15) is 5.78 Å². The van der Waals surface area contributed by atoms with Crippen LogP contribution in [0.15, 0.2) is 89.4 Å². The molecule has 5 nitrogen and oxygen atoms in total. The summed E-state index contributed by atoms with van der Waals surface area (Å²) in [5.74, 6) is 4.48. The third-order valence-electron chi connectivity index (χ3n) is 2.94. The van der Waals surface area contributed by atoms with Crippen LogP contribution in [0.25, 0.3) is 6.08 Å². The molecule has 148 valence electrons. The number of carbonyl (C=O) groups excluding carboxylic acids is 2. The van der Waals surface area contributed by atoms with Crippen molar-refractivity contribution in [1.82, 2.24) is 5.43 Å². The summed E-state index contributed by atoms with van der Waals surface area (Å²) in [5, 5.41) is 0. The van der Waals surface area contributed by atoms with E-state index in [0.717, 1.165) is 15.6 Å². The third kappa shape index (κ3) is 11.7. The molecule has 0 aliphatic heterocycles. The van der Waals surface area contributed by atoms with E-state index in [1.165, 1.54) is 0 Å². The fourth-order valence-electron chi connectivity index (χ4n) is 1.70. The van der Waals surface area contributed by atoms with Gasteiger partial charge in [0.2, 0.25) is 0 Å². The number of nitrogens with two attached hydrogens (primary N) is 2. The fraction of sp³-hybridized carbons (Fsp3) is 0. The number of benzene rings is 1. The van der Waals surface area contributed by atoms with Gasteiger partial charge in [-0.2, -0.15) is 12.1 Å². The number of halogens is 1. The van der Waals surface area contributed by atoms with Crippen molar-refractivity contribution in [3.05, 3.63) is 101 Å². The van der Waals surface area contributed by atoms with E-state index in [9.17, 15) is 9.59 Å². The number of urea groups is 1. The molecule has 0 saturated carbocycles. The zero-order valence-electron chi connectivity index (χ0n) is 14.4. The zero-order chi connectivity index (χ0) is 19.2. The number of ketones is 1. The van der Waals surface area contributed by atoms with E-state index in [1.807, 2.05) is 84.9 Å². The molecular weight excluding hydrogens is 450 g/mol. The normalized spacial score (nSPS) is 9.11. The maximum Gasteiger partial charge on any atom is 0.326 e. The molecule has 0 aromatic heterocycles. The van der Waals surface area contributed by atoms with Crippen LogP contribution in [0.4, 0.5) is 4.79 Å². The van der Waals surface area contributed by atoms with Crippen LogP contribution in [-0.2, 0) is 17.1 Å². The van der Waals surface area contributed by atoms with E-state index in [0.29, 0.717) is 0 Å². The molecule has 3 aromatic carbocycles. The molecule has 3 aromatic rings. The second-order valence-corrected chi connectivity index (χ2v) is 5.81. The summed E-state index contributed by atoms with van der Waals surface area (Å²) in [6.45, 7) is 0. The van der Waals surface area contributed by atoms with Crippen molar-refractivity contribution in [1.29, 1.82) is 0 Å². The van der Waals surface area contributed by atoms with E-state index in [-0.39, 0.29) is 22.9 Å². The molecule has 0 fully saturated rings. The first-order chi connectivity index (χ1) is 12.5. The molecule has 2 amide bonds. The van der Waals surface area contributed by atoms with Crippen LogP contribution in [0.1, 0.15) is 15.9 Å². The molecule has 0 saturated heterocycles. The minimum atomic E-state index is -0.718. The summed E-state index contributed by atoms with van der Waals surface area (Å²) in [4.78, 5) is 21.0. The molecule has 3 rings (SSSR count). The molecule has 0 spiro atoms. The summed E-state index contributed by atoms with van der Waals surface area (Å²) < 4.78 is 1.03. The summed E-state index contributed by atoms with van der Waals surface area (Å²) >= 11 is 3.37. The molecule has 0 aliphatic rings. The van der Waals surface area contributed by atoms with E-state index in [4.69, 9.17) is 0 Å². The van der Waals surface area contributed by atoms with Crippen LogP contribution in [0.3, 0.4) is 0 Å². The second-order valence-electron chi connectivity index (χ2n) is 4.89. The first kappa shape index (κ1) is 24.6. The average Bonchev–Trinajstić information content (AvgIpc) is 3.37. The van der Waals surface area contributed by atoms with Gasteiger partial charge in [-0.15, -0.1) is 12.1 Å². The van der Waals surface area contributed by atoms with Crippen molar-refractivity contribution in [2.75, 3.05) is 0 Å². The van der Waals surface area contributed by atoms with Gasteiger partial charge in [0.15, 0.2) is 0 Å². The van der Waals surface area contributed by atoms with Gasteiger partial charge in [0.05, 0.1) is 0 Å². The van der Waals surface area contributed by atoms with E-state index < -0.39 is 6.03 Å². The number of hydrogen-bond acceptors (Lipinski definition) is 3. The molecule has 5 N–H and O–H groups in total. The van der Waals surface area contributed by atoms with Crippen molar-refractivity contribution in [2.24, 2.45) is 11.6 Å². The number of carbonyl (C=O) groups is 2. The minimum Gasteiger partial charge on any atom is -0.748 e. The topological polar surface area (TPSA) is 98.2 Å². The van der Waals surface area contributed by atoms with Crippen LogP contribution in [-0.4, -0.2) is 11.8 Å². The Bertz CT molecular complexity index is 766. The average molecular weight is 470 g/mol. The van der Waals surface area contributed by atoms with Gasteiger partial charge in [0.25, 0.3) is 0 Å². The Labute approximate surface area is 177 Å². The Morgan fingerprint density at radius 2 is 1.44 bits per heavy atom. The molecule has 0 unspecified atom stereocenters. The summed E-state index contributed by atoms with van der Waals surface area (Å²) in [5.41, 5.74) is 7.83. The first-order valence-corrected chi connectivity index (χ1v) is 8.44. The molecule has 0 atom stereocenters. The Kier molecular flexibility index (Phi) is 13.4. The molecule has 27 heavy (non-hydrogen) atoms. The predicted molar refractivity (Wildman–Crippen MR) is 108 cm³/mol. The molecular formula is C20H20BrFeN3O2-6. The summed E-state index contributed by atoms with van der Waals surface area (Å²) in [6.07, 6.45) is 3.42. The number of rotatable bonds is 3. The quantitative estimate of drug-likeness (QED) is 0.103. The number of hydrogen-bond donors (Lipinski definition) is 3. The van der Waals surface area contributed by atoms with Gasteiger partial charge in [0, 0.05) is 21.5 Å². The van der Waals surface area contributed by atoms with Gasteiger partial charge in [-0.3, -0.25) is 5.43 Å². The van der Waals surface area contributed by atoms with E-state index >= 15 is 0 Å². The predicted octanol–water partition coefficient (Wildman–Crippen LogP) is 4.00. The molecule has 0 radical (unpaired) electrons. The molecule has 0 heterocycles. The van der Waals surface area contributed by atoms with Crippen molar-refractivity contribution >= 4 is 33.8 Å². The number of primary amides is 1. The maximum absolute atomic E-state index is 11.6. The Morgan fingerprint density at radius 3 is 1.85 bits per heavy atom. The SMILES string of the molecule is NNC(N)=O.O=C(C=Cc1ccc(Br)cc1)[c-]1cccc1.[Fe].[cH-]1[cH-][cH-][cH-][cH-]1. The van der Waals surface area contributed by atoms with Gasteiger partial charge < -0.3 is 40.9 Å². The monoisotopic (exact) mass is 469 g/mol.